The van der Waals surface area contributed by atoms with E-state index in [-0.39, 0.29) is 13.2 Å². The minimum atomic E-state index is 0. The van der Waals surface area contributed by atoms with Gasteiger partial charge in [0.1, 0.15) is 0 Å². The Morgan fingerprint density at radius 3 is 2.46 bits per heavy atom. The number of hydrogen-bond acceptors (Lipinski definition) is 2. The number of fused-ring (bicyclic) bond motifs is 1. The second kappa shape index (κ2) is 9.28. The zero-order chi connectivity index (χ0) is 17.6. The van der Waals surface area contributed by atoms with E-state index in [1.54, 1.807) is 13.2 Å². The lowest BCUT2D eigenvalue weighted by Crippen LogP contribution is -2.00. The van der Waals surface area contributed by atoms with Gasteiger partial charge in [0.25, 0.3) is 0 Å². The first-order valence-corrected chi connectivity index (χ1v) is 9.00. The van der Waals surface area contributed by atoms with E-state index in [1.807, 2.05) is 12.1 Å². The van der Waals surface area contributed by atoms with Crippen LogP contribution in [0.25, 0.3) is 10.8 Å². The van der Waals surface area contributed by atoms with Crippen molar-refractivity contribution in [2.45, 2.75) is 40.0 Å². The van der Waals surface area contributed by atoms with Crippen LogP contribution in [0.1, 0.15) is 38.3 Å². The van der Waals surface area contributed by atoms with Crippen molar-refractivity contribution in [1.29, 1.82) is 0 Å². The molecule has 1 atom stereocenters. The van der Waals surface area contributed by atoms with Gasteiger partial charge in [0, 0.05) is 0 Å². The fourth-order valence-electron chi connectivity index (χ4n) is 3.35. The molecule has 26 heavy (non-hydrogen) atoms. The van der Waals surface area contributed by atoms with E-state index in [1.165, 1.54) is 28.3 Å². The number of phenolic OH excluding ortho intramolecular Hbond substituents is 1. The number of methoxy groups -OCH3 is 1. The molecule has 0 aliphatic carbocycles. The lowest BCUT2D eigenvalue weighted by atomic mass is 9.93. The van der Waals surface area contributed by atoms with Crippen LogP contribution >= 0.6 is 0 Å². The molecule has 3 aromatic carbocycles. The molecule has 138 valence electrons. The zero-order valence-corrected chi connectivity index (χ0v) is 15.0. The van der Waals surface area contributed by atoms with Gasteiger partial charge in [0.15, 0.2) is 11.5 Å². The summed E-state index contributed by atoms with van der Waals surface area (Å²) in [6, 6.07) is 20.8. The summed E-state index contributed by atoms with van der Waals surface area (Å²) in [6.07, 6.45) is 4.44. The SMILES string of the molecule is C.COc1cc(CCC(C)CCc2cccc3ccccc23)ccc1O. The van der Waals surface area contributed by atoms with Crippen molar-refractivity contribution in [2.75, 3.05) is 7.11 Å². The summed E-state index contributed by atoms with van der Waals surface area (Å²) in [7, 11) is 1.59. The Kier molecular flexibility index (Phi) is 7.08. The predicted octanol–water partition coefficient (Wildman–Crippen LogP) is 6.39. The van der Waals surface area contributed by atoms with Gasteiger partial charge < -0.3 is 9.84 Å². The molecule has 1 unspecified atom stereocenters. The minimum absolute atomic E-state index is 0. The lowest BCUT2D eigenvalue weighted by Gasteiger charge is -2.13. The Labute approximate surface area is 157 Å². The van der Waals surface area contributed by atoms with Crippen LogP contribution in [0, 0.1) is 5.92 Å². The molecule has 0 spiro atoms. The Morgan fingerprint density at radius 1 is 0.923 bits per heavy atom. The molecule has 2 heteroatoms. The Bertz CT molecular complexity index is 833. The highest BCUT2D eigenvalue weighted by atomic mass is 16.5. The third-order valence-corrected chi connectivity index (χ3v) is 4.96. The zero-order valence-electron chi connectivity index (χ0n) is 15.0. The van der Waals surface area contributed by atoms with Gasteiger partial charge in [0.2, 0.25) is 0 Å². The summed E-state index contributed by atoms with van der Waals surface area (Å²) in [5, 5.41) is 12.4. The largest absolute Gasteiger partial charge is 0.504 e. The van der Waals surface area contributed by atoms with Crippen molar-refractivity contribution in [3.8, 4) is 11.5 Å². The summed E-state index contributed by atoms with van der Waals surface area (Å²) >= 11 is 0. The second-order valence-electron chi connectivity index (χ2n) is 6.83. The summed E-state index contributed by atoms with van der Waals surface area (Å²) in [4.78, 5) is 0. The molecule has 2 nitrogen and oxygen atoms in total. The van der Waals surface area contributed by atoms with Crippen LogP contribution < -0.4 is 4.74 Å². The summed E-state index contributed by atoms with van der Waals surface area (Å²) in [5.41, 5.74) is 2.66. The summed E-state index contributed by atoms with van der Waals surface area (Å²) < 4.78 is 5.19. The minimum Gasteiger partial charge on any atom is -0.504 e. The molecule has 0 bridgehead atoms. The maximum atomic E-state index is 9.68. The molecule has 0 aliphatic rings. The van der Waals surface area contributed by atoms with E-state index < -0.39 is 0 Å². The van der Waals surface area contributed by atoms with Gasteiger partial charge in [0.05, 0.1) is 7.11 Å². The Balaban J connectivity index is 0.00000243. The normalized spacial score (nSPS) is 11.8. The average molecular weight is 351 g/mol. The third kappa shape index (κ3) is 4.78. The van der Waals surface area contributed by atoms with Gasteiger partial charge in [-0.05, 0) is 65.6 Å². The molecule has 0 saturated heterocycles. The van der Waals surface area contributed by atoms with Crippen LogP contribution in [-0.2, 0) is 12.8 Å². The first-order chi connectivity index (χ1) is 12.2. The van der Waals surface area contributed by atoms with Gasteiger partial charge >= 0.3 is 0 Å². The maximum absolute atomic E-state index is 9.68. The number of ether oxygens (including phenoxy) is 1. The number of hydrogen-bond donors (Lipinski definition) is 1. The molecular weight excluding hydrogens is 320 g/mol. The molecule has 3 rings (SSSR count). The van der Waals surface area contributed by atoms with Crippen LogP contribution in [0.15, 0.2) is 60.7 Å². The van der Waals surface area contributed by atoms with Crippen LogP contribution in [0.5, 0.6) is 11.5 Å². The Hall–Kier alpha value is -2.48. The fourth-order valence-corrected chi connectivity index (χ4v) is 3.35. The molecule has 0 amide bonds. The summed E-state index contributed by atoms with van der Waals surface area (Å²) in [6.45, 7) is 2.32. The molecule has 0 aromatic heterocycles. The number of aromatic hydroxyl groups is 1. The molecule has 3 aromatic rings. The lowest BCUT2D eigenvalue weighted by molar-refractivity contribution is 0.372. The number of benzene rings is 3. The van der Waals surface area contributed by atoms with Gasteiger partial charge in [-0.3, -0.25) is 0 Å². The fraction of sp³-hybridized carbons (Fsp3) is 0.333. The Morgan fingerprint density at radius 2 is 1.65 bits per heavy atom. The van der Waals surface area contributed by atoms with E-state index in [4.69, 9.17) is 4.74 Å². The highest BCUT2D eigenvalue weighted by Gasteiger charge is 2.08. The van der Waals surface area contributed by atoms with Crippen molar-refractivity contribution in [3.63, 3.8) is 0 Å². The number of aryl methyl sites for hydroxylation is 2. The quantitative estimate of drug-likeness (QED) is 0.535. The van der Waals surface area contributed by atoms with E-state index >= 15 is 0 Å². The molecule has 0 radical (unpaired) electrons. The average Bonchev–Trinajstić information content (AvgIpc) is 2.65. The standard InChI is InChI=1S/C23H26O2.CH4/c1-17(10-12-18-13-15-22(24)23(16-18)25-2)11-14-20-8-5-7-19-6-3-4-9-21(19)20;/h3-9,13,15-17,24H,10-12,14H2,1-2H3;1H4. The molecule has 0 aliphatic heterocycles. The molecule has 1 N–H and O–H groups in total. The van der Waals surface area contributed by atoms with Gasteiger partial charge in [-0.1, -0.05) is 62.9 Å². The van der Waals surface area contributed by atoms with Gasteiger partial charge in [-0.25, -0.2) is 0 Å². The van der Waals surface area contributed by atoms with Crippen LogP contribution in [0.4, 0.5) is 0 Å². The third-order valence-electron chi connectivity index (χ3n) is 4.96. The topological polar surface area (TPSA) is 29.5 Å². The van der Waals surface area contributed by atoms with Crippen LogP contribution in [-0.4, -0.2) is 12.2 Å². The highest BCUT2D eigenvalue weighted by molar-refractivity contribution is 5.85. The molecule has 0 heterocycles. The first-order valence-electron chi connectivity index (χ1n) is 9.00. The van der Waals surface area contributed by atoms with Crippen molar-refractivity contribution in [1.82, 2.24) is 0 Å². The van der Waals surface area contributed by atoms with Crippen molar-refractivity contribution in [2.24, 2.45) is 5.92 Å². The van der Waals surface area contributed by atoms with Crippen LogP contribution in [0.2, 0.25) is 0 Å². The van der Waals surface area contributed by atoms with E-state index in [9.17, 15) is 5.11 Å². The molecule has 0 fully saturated rings. The smallest absolute Gasteiger partial charge is 0.160 e. The maximum Gasteiger partial charge on any atom is 0.160 e. The first kappa shape index (κ1) is 19.8. The predicted molar refractivity (Wildman–Crippen MR) is 111 cm³/mol. The molecular formula is C24H30O2. The van der Waals surface area contributed by atoms with E-state index in [0.29, 0.717) is 11.7 Å². The monoisotopic (exact) mass is 350 g/mol. The van der Waals surface area contributed by atoms with Gasteiger partial charge in [-0.15, -0.1) is 0 Å². The van der Waals surface area contributed by atoms with Crippen molar-refractivity contribution < 1.29 is 9.84 Å². The number of rotatable bonds is 7. The number of phenols is 1. The molecule has 0 saturated carbocycles. The van der Waals surface area contributed by atoms with E-state index in [0.717, 1.165) is 19.3 Å². The van der Waals surface area contributed by atoms with Crippen molar-refractivity contribution in [3.05, 3.63) is 71.8 Å². The van der Waals surface area contributed by atoms with Crippen LogP contribution in [0.3, 0.4) is 0 Å². The van der Waals surface area contributed by atoms with Crippen molar-refractivity contribution >= 4 is 10.8 Å². The highest BCUT2D eigenvalue weighted by Crippen LogP contribution is 2.28. The van der Waals surface area contributed by atoms with E-state index in [2.05, 4.69) is 49.4 Å². The summed E-state index contributed by atoms with van der Waals surface area (Å²) in [5.74, 6) is 1.41. The second-order valence-corrected chi connectivity index (χ2v) is 6.83. The van der Waals surface area contributed by atoms with Gasteiger partial charge in [-0.2, -0.15) is 0 Å².